The molecule has 4 N–H and O–H groups in total. The molecule has 1 aromatic rings. The Morgan fingerprint density at radius 1 is 1.50 bits per heavy atom. The average molecular weight is 358 g/mol. The molecule has 2 aliphatic rings. The van der Waals surface area contributed by atoms with E-state index in [9.17, 15) is 14.0 Å². The van der Waals surface area contributed by atoms with Crippen LogP contribution in [0.1, 0.15) is 12.5 Å². The van der Waals surface area contributed by atoms with E-state index in [-0.39, 0.29) is 19.0 Å². The number of hydrogen-bond acceptors (Lipinski definition) is 5. The summed E-state index contributed by atoms with van der Waals surface area (Å²) in [4.78, 5) is 24.3. The predicted octanol–water partition coefficient (Wildman–Crippen LogP) is 1.59. The molecule has 136 valence electrons. The zero-order valence-corrected chi connectivity index (χ0v) is 14.2. The maximum absolute atomic E-state index is 14.6. The van der Waals surface area contributed by atoms with E-state index in [0.29, 0.717) is 22.6 Å². The van der Waals surface area contributed by atoms with E-state index in [1.165, 1.54) is 17.9 Å². The molecule has 1 saturated heterocycles. The minimum atomic E-state index is -0.575. The van der Waals surface area contributed by atoms with Crippen molar-refractivity contribution in [2.24, 2.45) is 5.73 Å². The minimum Gasteiger partial charge on any atom is -0.442 e. The Labute approximate surface area is 150 Å². The lowest BCUT2D eigenvalue weighted by atomic mass is 10.1. The Hall–Kier alpha value is -3.29. The first-order chi connectivity index (χ1) is 12.4. The predicted molar refractivity (Wildman–Crippen MR) is 95.2 cm³/mol. The Balaban J connectivity index is 1.78. The molecule has 1 unspecified atom stereocenters. The molecule has 0 aliphatic carbocycles. The van der Waals surface area contributed by atoms with Gasteiger partial charge in [0, 0.05) is 24.4 Å². The van der Waals surface area contributed by atoms with Gasteiger partial charge in [-0.3, -0.25) is 9.69 Å². The molecule has 0 spiro atoms. The van der Waals surface area contributed by atoms with Crippen LogP contribution in [0, 0.1) is 5.82 Å². The number of benzene rings is 1. The van der Waals surface area contributed by atoms with Crippen molar-refractivity contribution in [3.63, 3.8) is 0 Å². The van der Waals surface area contributed by atoms with E-state index >= 15 is 0 Å². The maximum Gasteiger partial charge on any atom is 0.414 e. The van der Waals surface area contributed by atoms with Gasteiger partial charge in [-0.1, -0.05) is 0 Å². The SMILES string of the molecule is CC(=O)NCC1CN(c2ccc(C3=CC(N)=CC=CN3)c(F)c2)C(=O)O1. The summed E-state index contributed by atoms with van der Waals surface area (Å²) >= 11 is 0. The fraction of sp³-hybridized carbons (Fsp3) is 0.222. The van der Waals surface area contributed by atoms with Crippen molar-refractivity contribution in [3.05, 3.63) is 59.7 Å². The van der Waals surface area contributed by atoms with Crippen LogP contribution in [0.5, 0.6) is 0 Å². The molecule has 1 fully saturated rings. The molecular weight excluding hydrogens is 339 g/mol. The molecule has 1 aromatic carbocycles. The second-order valence-electron chi connectivity index (χ2n) is 5.95. The van der Waals surface area contributed by atoms with E-state index < -0.39 is 18.0 Å². The number of rotatable bonds is 4. The molecule has 0 saturated carbocycles. The van der Waals surface area contributed by atoms with Gasteiger partial charge in [0.15, 0.2) is 0 Å². The zero-order chi connectivity index (χ0) is 18.7. The highest BCUT2D eigenvalue weighted by atomic mass is 19.1. The minimum absolute atomic E-state index is 0.207. The van der Waals surface area contributed by atoms with E-state index in [0.717, 1.165) is 0 Å². The molecule has 0 aromatic heterocycles. The summed E-state index contributed by atoms with van der Waals surface area (Å²) in [6.07, 6.45) is 5.65. The van der Waals surface area contributed by atoms with Crippen LogP contribution in [-0.4, -0.2) is 31.2 Å². The lowest BCUT2D eigenvalue weighted by molar-refractivity contribution is -0.119. The number of carbonyl (C=O) groups excluding carboxylic acids is 2. The Bertz CT molecular complexity index is 832. The molecular formula is C18H19FN4O3. The standard InChI is InChI=1S/C18H19FN4O3/c1-11(24)22-9-14-10-23(18(25)26-14)13-4-5-15(16(19)8-13)17-7-12(20)3-2-6-21-17/h2-8,14,21H,9-10,20H2,1H3,(H,22,24). The number of hydrogen-bond donors (Lipinski definition) is 3. The van der Waals surface area contributed by atoms with Crippen LogP contribution < -0.4 is 21.3 Å². The van der Waals surface area contributed by atoms with Gasteiger partial charge in [-0.15, -0.1) is 0 Å². The van der Waals surface area contributed by atoms with Gasteiger partial charge < -0.3 is 21.1 Å². The molecule has 2 amide bonds. The van der Waals surface area contributed by atoms with Crippen molar-refractivity contribution in [2.75, 3.05) is 18.0 Å². The van der Waals surface area contributed by atoms with Gasteiger partial charge in [0.2, 0.25) is 5.91 Å². The molecule has 7 nitrogen and oxygen atoms in total. The number of nitrogens with one attached hydrogen (secondary N) is 2. The number of nitrogens with two attached hydrogens (primary N) is 1. The van der Waals surface area contributed by atoms with Crippen molar-refractivity contribution in [1.29, 1.82) is 0 Å². The number of nitrogens with zero attached hydrogens (tertiary/aromatic N) is 1. The molecule has 0 bridgehead atoms. The Kier molecular flexibility index (Phi) is 4.92. The number of allylic oxidation sites excluding steroid dienone is 3. The monoisotopic (exact) mass is 358 g/mol. The molecule has 0 radical (unpaired) electrons. The first-order valence-corrected chi connectivity index (χ1v) is 8.07. The van der Waals surface area contributed by atoms with Gasteiger partial charge in [-0.2, -0.15) is 0 Å². The lowest BCUT2D eigenvalue weighted by Crippen LogP contribution is -2.33. The summed E-state index contributed by atoms with van der Waals surface area (Å²) in [6.45, 7) is 1.83. The van der Waals surface area contributed by atoms with Crippen molar-refractivity contribution >= 4 is 23.4 Å². The third-order valence-corrected chi connectivity index (χ3v) is 3.94. The van der Waals surface area contributed by atoms with Crippen LogP contribution in [0.4, 0.5) is 14.9 Å². The topological polar surface area (TPSA) is 96.7 Å². The van der Waals surface area contributed by atoms with Crippen molar-refractivity contribution < 1.29 is 18.7 Å². The fourth-order valence-corrected chi connectivity index (χ4v) is 2.70. The highest BCUT2D eigenvalue weighted by Gasteiger charge is 2.32. The summed E-state index contributed by atoms with van der Waals surface area (Å²) in [6, 6.07) is 4.48. The smallest absolute Gasteiger partial charge is 0.414 e. The van der Waals surface area contributed by atoms with Crippen LogP contribution in [0.15, 0.2) is 48.3 Å². The maximum atomic E-state index is 14.6. The average Bonchev–Trinajstić information content (AvgIpc) is 2.82. The van der Waals surface area contributed by atoms with Crippen molar-refractivity contribution in [3.8, 4) is 0 Å². The van der Waals surface area contributed by atoms with Crippen LogP contribution >= 0.6 is 0 Å². The zero-order valence-electron chi connectivity index (χ0n) is 14.2. The largest absolute Gasteiger partial charge is 0.442 e. The van der Waals surface area contributed by atoms with E-state index in [1.807, 2.05) is 0 Å². The number of halogens is 1. The number of carbonyl (C=O) groups is 2. The van der Waals surface area contributed by atoms with Crippen LogP contribution in [0.3, 0.4) is 0 Å². The second kappa shape index (κ2) is 7.30. The highest BCUT2D eigenvalue weighted by Crippen LogP contribution is 2.26. The molecule has 8 heteroatoms. The lowest BCUT2D eigenvalue weighted by Gasteiger charge is -2.15. The van der Waals surface area contributed by atoms with Gasteiger partial charge in [0.25, 0.3) is 0 Å². The second-order valence-corrected chi connectivity index (χ2v) is 5.95. The fourth-order valence-electron chi connectivity index (χ4n) is 2.70. The first kappa shape index (κ1) is 17.5. The van der Waals surface area contributed by atoms with Gasteiger partial charge >= 0.3 is 6.09 Å². The number of cyclic esters (lactones) is 1. The summed E-state index contributed by atoms with van der Waals surface area (Å²) in [5.74, 6) is -0.705. The van der Waals surface area contributed by atoms with Gasteiger partial charge in [-0.05, 0) is 36.4 Å². The molecule has 26 heavy (non-hydrogen) atoms. The van der Waals surface area contributed by atoms with Crippen molar-refractivity contribution in [2.45, 2.75) is 13.0 Å². The molecule has 3 rings (SSSR count). The molecule has 2 heterocycles. The summed E-state index contributed by atoms with van der Waals surface area (Å²) in [5.41, 5.74) is 7.53. The van der Waals surface area contributed by atoms with Crippen LogP contribution in [0.2, 0.25) is 0 Å². The van der Waals surface area contributed by atoms with Crippen LogP contribution in [-0.2, 0) is 9.53 Å². The molecule has 1 atom stereocenters. The quantitative estimate of drug-likeness (QED) is 0.759. The number of anilines is 1. The normalized spacial score (nSPS) is 19.2. The van der Waals surface area contributed by atoms with Crippen molar-refractivity contribution in [1.82, 2.24) is 10.6 Å². The van der Waals surface area contributed by atoms with E-state index in [1.54, 1.807) is 36.6 Å². The number of ether oxygens (including phenoxy) is 1. The van der Waals surface area contributed by atoms with Crippen LogP contribution in [0.25, 0.3) is 5.70 Å². The summed E-state index contributed by atoms with van der Waals surface area (Å²) in [5, 5.41) is 5.56. The highest BCUT2D eigenvalue weighted by molar-refractivity contribution is 5.90. The van der Waals surface area contributed by atoms with Gasteiger partial charge in [-0.25, -0.2) is 9.18 Å². The van der Waals surface area contributed by atoms with Gasteiger partial charge in [0.05, 0.1) is 24.5 Å². The Morgan fingerprint density at radius 3 is 3.04 bits per heavy atom. The number of amides is 2. The van der Waals surface area contributed by atoms with Gasteiger partial charge in [0.1, 0.15) is 11.9 Å². The first-order valence-electron chi connectivity index (χ1n) is 8.07. The summed E-state index contributed by atoms with van der Waals surface area (Å²) in [7, 11) is 0. The summed E-state index contributed by atoms with van der Waals surface area (Å²) < 4.78 is 19.8. The molecule has 2 aliphatic heterocycles. The third-order valence-electron chi connectivity index (χ3n) is 3.94. The van der Waals surface area contributed by atoms with E-state index in [2.05, 4.69) is 10.6 Å². The third kappa shape index (κ3) is 3.85. The van der Waals surface area contributed by atoms with E-state index in [4.69, 9.17) is 10.5 Å². The Morgan fingerprint density at radius 2 is 2.31 bits per heavy atom.